The predicted octanol–water partition coefficient (Wildman–Crippen LogP) is 0.708. The Hall–Kier alpha value is -1.82. The zero-order chi connectivity index (χ0) is 14.2. The van der Waals surface area contributed by atoms with Crippen molar-refractivity contribution in [3.8, 4) is 0 Å². The molecule has 1 aromatic rings. The molecule has 0 spiro atoms. The molecule has 2 N–H and O–H groups in total. The average Bonchev–Trinajstić information content (AvgIpc) is 2.83. The standard InChI is InChI=1S/C13H17NO5/c1-7(13(17)18)11-10(8(2)15)12(16)14(11)6-9-4-3-5-19-9/h3-5,7-8,10-11,15H,6H2,1-2H3,(H,17,18). The Kier molecular flexibility index (Phi) is 3.61. The number of furan rings is 1. The van der Waals surface area contributed by atoms with E-state index in [2.05, 4.69) is 0 Å². The largest absolute Gasteiger partial charge is 0.481 e. The first-order valence-electron chi connectivity index (χ1n) is 6.17. The second kappa shape index (κ2) is 5.05. The van der Waals surface area contributed by atoms with Crippen LogP contribution in [0.1, 0.15) is 19.6 Å². The van der Waals surface area contributed by atoms with Crippen LogP contribution in [0.25, 0.3) is 0 Å². The van der Waals surface area contributed by atoms with Crippen LogP contribution in [0.3, 0.4) is 0 Å². The van der Waals surface area contributed by atoms with Gasteiger partial charge in [-0.05, 0) is 26.0 Å². The van der Waals surface area contributed by atoms with Gasteiger partial charge in [0.15, 0.2) is 0 Å². The summed E-state index contributed by atoms with van der Waals surface area (Å²) in [5.74, 6) is -1.99. The van der Waals surface area contributed by atoms with E-state index in [-0.39, 0.29) is 12.5 Å². The van der Waals surface area contributed by atoms with Crippen molar-refractivity contribution in [3.63, 3.8) is 0 Å². The minimum Gasteiger partial charge on any atom is -0.481 e. The van der Waals surface area contributed by atoms with E-state index in [0.29, 0.717) is 5.76 Å². The lowest BCUT2D eigenvalue weighted by Gasteiger charge is -2.49. The van der Waals surface area contributed by atoms with Crippen LogP contribution >= 0.6 is 0 Å². The number of likely N-dealkylation sites (tertiary alicyclic amines) is 1. The van der Waals surface area contributed by atoms with Gasteiger partial charge < -0.3 is 19.5 Å². The van der Waals surface area contributed by atoms with Gasteiger partial charge in [-0.15, -0.1) is 0 Å². The van der Waals surface area contributed by atoms with Crippen molar-refractivity contribution >= 4 is 11.9 Å². The smallest absolute Gasteiger partial charge is 0.308 e. The van der Waals surface area contributed by atoms with E-state index in [4.69, 9.17) is 9.52 Å². The maximum Gasteiger partial charge on any atom is 0.308 e. The molecule has 0 saturated carbocycles. The Morgan fingerprint density at radius 1 is 1.53 bits per heavy atom. The van der Waals surface area contributed by atoms with Crippen molar-refractivity contribution in [2.75, 3.05) is 0 Å². The van der Waals surface area contributed by atoms with Gasteiger partial charge >= 0.3 is 5.97 Å². The van der Waals surface area contributed by atoms with Gasteiger partial charge in [0.2, 0.25) is 5.91 Å². The van der Waals surface area contributed by atoms with E-state index in [0.717, 1.165) is 0 Å². The fourth-order valence-corrected chi connectivity index (χ4v) is 2.57. The first-order valence-corrected chi connectivity index (χ1v) is 6.17. The summed E-state index contributed by atoms with van der Waals surface area (Å²) >= 11 is 0. The van der Waals surface area contributed by atoms with Gasteiger partial charge in [-0.2, -0.15) is 0 Å². The molecule has 2 rings (SSSR count). The molecule has 0 aromatic carbocycles. The molecule has 1 fully saturated rings. The van der Waals surface area contributed by atoms with Gasteiger partial charge in [0, 0.05) is 0 Å². The SMILES string of the molecule is CC(O)C1C(=O)N(Cc2ccco2)C1C(C)C(=O)O. The average molecular weight is 267 g/mol. The number of carbonyl (C=O) groups is 2. The van der Waals surface area contributed by atoms with Crippen molar-refractivity contribution in [3.05, 3.63) is 24.2 Å². The fourth-order valence-electron chi connectivity index (χ4n) is 2.57. The van der Waals surface area contributed by atoms with Gasteiger partial charge in [-0.1, -0.05) is 0 Å². The highest BCUT2D eigenvalue weighted by Crippen LogP contribution is 2.36. The Balaban J connectivity index is 2.17. The third kappa shape index (κ3) is 2.35. The van der Waals surface area contributed by atoms with Crippen molar-refractivity contribution in [2.45, 2.75) is 32.5 Å². The van der Waals surface area contributed by atoms with Crippen LogP contribution in [0, 0.1) is 11.8 Å². The zero-order valence-electron chi connectivity index (χ0n) is 10.8. The van der Waals surface area contributed by atoms with Crippen LogP contribution in [0.5, 0.6) is 0 Å². The minimum absolute atomic E-state index is 0.232. The number of hydrogen-bond donors (Lipinski definition) is 2. The number of nitrogens with zero attached hydrogens (tertiary/aromatic N) is 1. The van der Waals surface area contributed by atoms with E-state index >= 15 is 0 Å². The fraction of sp³-hybridized carbons (Fsp3) is 0.538. The van der Waals surface area contributed by atoms with Crippen molar-refractivity contribution < 1.29 is 24.2 Å². The van der Waals surface area contributed by atoms with Gasteiger partial charge in [-0.3, -0.25) is 9.59 Å². The topological polar surface area (TPSA) is 91.0 Å². The quantitative estimate of drug-likeness (QED) is 0.767. The summed E-state index contributed by atoms with van der Waals surface area (Å²) in [6.07, 6.45) is 0.647. The second-order valence-corrected chi connectivity index (χ2v) is 4.93. The summed E-state index contributed by atoms with van der Waals surface area (Å²) in [5, 5.41) is 18.7. The number of carboxylic acid groups (broad SMARTS) is 1. The molecule has 1 aromatic heterocycles. The van der Waals surface area contributed by atoms with Gasteiger partial charge in [0.1, 0.15) is 5.76 Å². The summed E-state index contributed by atoms with van der Waals surface area (Å²) in [6.45, 7) is 3.29. The molecule has 4 unspecified atom stereocenters. The van der Waals surface area contributed by atoms with Crippen LogP contribution in [-0.4, -0.2) is 39.1 Å². The van der Waals surface area contributed by atoms with E-state index in [1.165, 1.54) is 18.1 Å². The normalized spacial score (nSPS) is 25.8. The monoisotopic (exact) mass is 267 g/mol. The molecule has 2 heterocycles. The summed E-state index contributed by atoms with van der Waals surface area (Å²) in [5.41, 5.74) is 0. The molecule has 0 aliphatic carbocycles. The molecule has 6 nitrogen and oxygen atoms in total. The molecule has 6 heteroatoms. The lowest BCUT2D eigenvalue weighted by Crippen LogP contribution is -2.66. The summed E-state index contributed by atoms with van der Waals surface area (Å²) in [6, 6.07) is 2.93. The van der Waals surface area contributed by atoms with Gasteiger partial charge in [-0.25, -0.2) is 0 Å². The van der Waals surface area contributed by atoms with Gasteiger partial charge in [0.05, 0.1) is 36.8 Å². The third-order valence-corrected chi connectivity index (χ3v) is 3.62. The molecule has 1 amide bonds. The number of aliphatic hydroxyl groups is 1. The van der Waals surface area contributed by atoms with Crippen molar-refractivity contribution in [1.29, 1.82) is 0 Å². The molecule has 1 aliphatic rings. The number of carbonyl (C=O) groups excluding carboxylic acids is 1. The summed E-state index contributed by atoms with van der Waals surface area (Å²) in [7, 11) is 0. The van der Waals surface area contributed by atoms with Gasteiger partial charge in [0.25, 0.3) is 0 Å². The molecular weight excluding hydrogens is 250 g/mol. The molecule has 19 heavy (non-hydrogen) atoms. The molecule has 0 radical (unpaired) electrons. The van der Waals surface area contributed by atoms with Crippen LogP contribution in [0.2, 0.25) is 0 Å². The lowest BCUT2D eigenvalue weighted by molar-refractivity contribution is -0.174. The number of aliphatic carboxylic acids is 1. The van der Waals surface area contributed by atoms with Crippen LogP contribution < -0.4 is 0 Å². The number of carboxylic acids is 1. The van der Waals surface area contributed by atoms with Crippen LogP contribution in [0.4, 0.5) is 0 Å². The van der Waals surface area contributed by atoms with E-state index in [1.54, 1.807) is 19.1 Å². The first kappa shape index (κ1) is 13.6. The Labute approximate surface area is 110 Å². The number of aliphatic hydroxyl groups excluding tert-OH is 1. The molecular formula is C13H17NO5. The number of amides is 1. The van der Waals surface area contributed by atoms with E-state index in [1.807, 2.05) is 0 Å². The molecule has 1 saturated heterocycles. The highest BCUT2D eigenvalue weighted by Gasteiger charge is 2.53. The Bertz CT molecular complexity index is 467. The maximum absolute atomic E-state index is 12.0. The zero-order valence-corrected chi connectivity index (χ0v) is 10.8. The molecule has 1 aliphatic heterocycles. The summed E-state index contributed by atoms with van der Waals surface area (Å²) in [4.78, 5) is 24.6. The first-order chi connectivity index (χ1) is 8.93. The minimum atomic E-state index is -0.979. The molecule has 0 bridgehead atoms. The molecule has 104 valence electrons. The predicted molar refractivity (Wildman–Crippen MR) is 65.0 cm³/mol. The van der Waals surface area contributed by atoms with E-state index < -0.39 is 30.0 Å². The lowest BCUT2D eigenvalue weighted by atomic mass is 9.76. The van der Waals surface area contributed by atoms with Crippen LogP contribution in [-0.2, 0) is 16.1 Å². The Morgan fingerprint density at radius 2 is 2.21 bits per heavy atom. The number of β-lactam (4-membered cyclic amide) rings is 1. The highest BCUT2D eigenvalue weighted by molar-refractivity contribution is 5.88. The van der Waals surface area contributed by atoms with Crippen molar-refractivity contribution in [2.24, 2.45) is 11.8 Å². The van der Waals surface area contributed by atoms with Crippen LogP contribution in [0.15, 0.2) is 22.8 Å². The van der Waals surface area contributed by atoms with Crippen molar-refractivity contribution in [1.82, 2.24) is 4.90 Å². The summed E-state index contributed by atoms with van der Waals surface area (Å²) < 4.78 is 5.17. The highest BCUT2D eigenvalue weighted by atomic mass is 16.4. The Morgan fingerprint density at radius 3 is 2.68 bits per heavy atom. The second-order valence-electron chi connectivity index (χ2n) is 4.93. The number of hydrogen-bond acceptors (Lipinski definition) is 4. The number of rotatable bonds is 5. The van der Waals surface area contributed by atoms with E-state index in [9.17, 15) is 14.7 Å². The third-order valence-electron chi connectivity index (χ3n) is 3.62. The maximum atomic E-state index is 12.0. The molecule has 4 atom stereocenters.